The van der Waals surface area contributed by atoms with E-state index in [-0.39, 0.29) is 17.2 Å². The van der Waals surface area contributed by atoms with Crippen LogP contribution in [-0.4, -0.2) is 5.91 Å². The summed E-state index contributed by atoms with van der Waals surface area (Å²) in [6, 6.07) is 26.9. The average molecular weight is 341 g/mol. The normalized spacial score (nSPS) is 17.5. The minimum absolute atomic E-state index is 0.0481. The zero-order valence-electron chi connectivity index (χ0n) is 15.2. The summed E-state index contributed by atoms with van der Waals surface area (Å²) >= 11 is 0. The molecule has 0 saturated heterocycles. The lowest BCUT2D eigenvalue weighted by Gasteiger charge is -2.19. The first-order valence-corrected chi connectivity index (χ1v) is 9.10. The number of nitrogens with one attached hydrogen (secondary N) is 1. The first kappa shape index (κ1) is 16.6. The molecule has 0 heterocycles. The molecule has 130 valence electrons. The van der Waals surface area contributed by atoms with Gasteiger partial charge in [-0.1, -0.05) is 78.4 Å². The van der Waals surface area contributed by atoms with E-state index in [1.807, 2.05) is 31.2 Å². The van der Waals surface area contributed by atoms with Gasteiger partial charge in [-0.3, -0.25) is 4.79 Å². The van der Waals surface area contributed by atoms with Gasteiger partial charge >= 0.3 is 0 Å². The Labute approximate surface area is 154 Å². The Kier molecular flexibility index (Phi) is 4.12. The van der Waals surface area contributed by atoms with Crippen LogP contribution >= 0.6 is 0 Å². The standard InChI is InChI=1S/C24H23NO/c1-17-13-14-22(18(2)15-17)25-23(26)21-16-24(21,19-9-5-3-6-10-19)20-11-7-4-8-12-20/h3-15,21H,16H2,1-2H3,(H,25,26)/t21-/m0/s1. The predicted molar refractivity (Wildman–Crippen MR) is 106 cm³/mol. The Morgan fingerprint density at radius 1 is 0.885 bits per heavy atom. The number of hydrogen-bond acceptors (Lipinski definition) is 1. The van der Waals surface area contributed by atoms with E-state index in [2.05, 4.69) is 66.8 Å². The fourth-order valence-corrected chi connectivity index (χ4v) is 4.03. The van der Waals surface area contributed by atoms with Gasteiger partial charge in [0.25, 0.3) is 0 Å². The van der Waals surface area contributed by atoms with Crippen LogP contribution in [0.5, 0.6) is 0 Å². The summed E-state index contributed by atoms with van der Waals surface area (Å²) in [4.78, 5) is 13.1. The third-order valence-corrected chi connectivity index (χ3v) is 5.49. The van der Waals surface area contributed by atoms with Gasteiger partial charge in [0.2, 0.25) is 5.91 Å². The molecule has 4 rings (SSSR count). The minimum atomic E-state index is -0.217. The molecule has 1 aliphatic carbocycles. The molecule has 0 bridgehead atoms. The molecule has 1 atom stereocenters. The molecule has 1 fully saturated rings. The highest BCUT2D eigenvalue weighted by Crippen LogP contribution is 2.59. The SMILES string of the molecule is Cc1ccc(NC(=O)[C@@H]2CC2(c2ccccc2)c2ccccc2)c(C)c1. The highest BCUT2D eigenvalue weighted by Gasteiger charge is 2.60. The molecule has 1 aliphatic rings. The summed E-state index contributed by atoms with van der Waals surface area (Å²) in [6.45, 7) is 4.10. The van der Waals surface area contributed by atoms with Crippen molar-refractivity contribution in [3.8, 4) is 0 Å². The molecule has 1 N–H and O–H groups in total. The van der Waals surface area contributed by atoms with Crippen LogP contribution in [-0.2, 0) is 10.2 Å². The first-order chi connectivity index (χ1) is 12.6. The van der Waals surface area contributed by atoms with Gasteiger partial charge in [0, 0.05) is 11.1 Å². The molecule has 3 aromatic carbocycles. The van der Waals surface area contributed by atoms with E-state index < -0.39 is 0 Å². The fourth-order valence-electron chi connectivity index (χ4n) is 4.03. The maximum Gasteiger partial charge on any atom is 0.228 e. The lowest BCUT2D eigenvalue weighted by Crippen LogP contribution is -2.22. The number of benzene rings is 3. The highest BCUT2D eigenvalue weighted by atomic mass is 16.2. The van der Waals surface area contributed by atoms with Crippen molar-refractivity contribution in [3.63, 3.8) is 0 Å². The molecule has 1 amide bonds. The quantitative estimate of drug-likeness (QED) is 0.690. The molecule has 2 nitrogen and oxygen atoms in total. The van der Waals surface area contributed by atoms with Crippen molar-refractivity contribution in [2.75, 3.05) is 5.32 Å². The van der Waals surface area contributed by atoms with Crippen molar-refractivity contribution in [2.24, 2.45) is 5.92 Å². The van der Waals surface area contributed by atoms with Crippen LogP contribution in [0.15, 0.2) is 78.9 Å². The first-order valence-electron chi connectivity index (χ1n) is 9.10. The monoisotopic (exact) mass is 341 g/mol. The van der Waals surface area contributed by atoms with Crippen LogP contribution in [0, 0.1) is 19.8 Å². The largest absolute Gasteiger partial charge is 0.326 e. The molecule has 0 unspecified atom stereocenters. The lowest BCUT2D eigenvalue weighted by atomic mass is 9.85. The van der Waals surface area contributed by atoms with Gasteiger partial charge < -0.3 is 5.32 Å². The smallest absolute Gasteiger partial charge is 0.228 e. The third-order valence-electron chi connectivity index (χ3n) is 5.49. The van der Waals surface area contributed by atoms with Gasteiger partial charge in [0.15, 0.2) is 0 Å². The topological polar surface area (TPSA) is 29.1 Å². The number of carbonyl (C=O) groups is 1. The van der Waals surface area contributed by atoms with E-state index in [1.54, 1.807) is 0 Å². The number of aryl methyl sites for hydroxylation is 2. The summed E-state index contributed by atoms with van der Waals surface area (Å²) in [5.41, 5.74) is 5.42. The Bertz CT molecular complexity index is 891. The van der Waals surface area contributed by atoms with Crippen molar-refractivity contribution in [1.29, 1.82) is 0 Å². The van der Waals surface area contributed by atoms with Crippen molar-refractivity contribution < 1.29 is 4.79 Å². The average Bonchev–Trinajstić information content (AvgIpc) is 3.43. The molecule has 1 saturated carbocycles. The van der Waals surface area contributed by atoms with Gasteiger partial charge in [-0.2, -0.15) is 0 Å². The van der Waals surface area contributed by atoms with Crippen LogP contribution in [0.25, 0.3) is 0 Å². The third kappa shape index (κ3) is 2.82. The summed E-state index contributed by atoms with van der Waals surface area (Å²) in [5.74, 6) is 0.0534. The molecule has 2 heteroatoms. The number of rotatable bonds is 4. The molecule has 0 radical (unpaired) electrons. The Morgan fingerprint density at radius 3 is 2.00 bits per heavy atom. The summed E-state index contributed by atoms with van der Waals surface area (Å²) < 4.78 is 0. The zero-order valence-corrected chi connectivity index (χ0v) is 15.2. The zero-order chi connectivity index (χ0) is 18.1. The second-order valence-corrected chi connectivity index (χ2v) is 7.27. The number of amides is 1. The maximum absolute atomic E-state index is 13.1. The van der Waals surface area contributed by atoms with Crippen LogP contribution in [0.2, 0.25) is 0 Å². The number of hydrogen-bond donors (Lipinski definition) is 1. The van der Waals surface area contributed by atoms with E-state index in [0.717, 1.165) is 17.7 Å². The molecule has 0 aliphatic heterocycles. The van der Waals surface area contributed by atoms with E-state index in [4.69, 9.17) is 0 Å². The Morgan fingerprint density at radius 2 is 1.46 bits per heavy atom. The van der Waals surface area contributed by atoms with Crippen LogP contribution < -0.4 is 5.32 Å². The van der Waals surface area contributed by atoms with Crippen molar-refractivity contribution in [2.45, 2.75) is 25.7 Å². The molecule has 3 aromatic rings. The number of carbonyl (C=O) groups excluding carboxylic acids is 1. The summed E-state index contributed by atoms with van der Waals surface area (Å²) in [5, 5.41) is 3.15. The van der Waals surface area contributed by atoms with Gasteiger partial charge in [0.05, 0.1) is 5.92 Å². The van der Waals surface area contributed by atoms with Crippen LogP contribution in [0.3, 0.4) is 0 Å². The molecular weight excluding hydrogens is 318 g/mol. The maximum atomic E-state index is 13.1. The van der Waals surface area contributed by atoms with Crippen molar-refractivity contribution >= 4 is 11.6 Å². The Balaban J connectivity index is 1.65. The molecular formula is C24H23NO. The molecule has 0 spiro atoms. The fraction of sp³-hybridized carbons (Fsp3) is 0.208. The van der Waals surface area contributed by atoms with E-state index in [9.17, 15) is 4.79 Å². The lowest BCUT2D eigenvalue weighted by molar-refractivity contribution is -0.117. The minimum Gasteiger partial charge on any atom is -0.326 e. The second-order valence-electron chi connectivity index (χ2n) is 7.27. The van der Waals surface area contributed by atoms with Crippen molar-refractivity contribution in [1.82, 2.24) is 0 Å². The second kappa shape index (κ2) is 6.45. The summed E-state index contributed by atoms with van der Waals surface area (Å²) in [7, 11) is 0. The van der Waals surface area contributed by atoms with E-state index >= 15 is 0 Å². The highest BCUT2D eigenvalue weighted by molar-refractivity contribution is 5.97. The predicted octanol–water partition coefficient (Wildman–Crippen LogP) is 5.25. The van der Waals surface area contributed by atoms with E-state index in [1.165, 1.54) is 16.7 Å². The van der Waals surface area contributed by atoms with Crippen molar-refractivity contribution in [3.05, 3.63) is 101 Å². The molecule has 26 heavy (non-hydrogen) atoms. The van der Waals surface area contributed by atoms with Gasteiger partial charge in [-0.05, 0) is 43.0 Å². The van der Waals surface area contributed by atoms with Crippen LogP contribution in [0.4, 0.5) is 5.69 Å². The number of anilines is 1. The van der Waals surface area contributed by atoms with Gasteiger partial charge in [0.1, 0.15) is 0 Å². The Hall–Kier alpha value is -2.87. The van der Waals surface area contributed by atoms with Gasteiger partial charge in [-0.15, -0.1) is 0 Å². The van der Waals surface area contributed by atoms with Crippen LogP contribution in [0.1, 0.15) is 28.7 Å². The van der Waals surface area contributed by atoms with E-state index in [0.29, 0.717) is 0 Å². The van der Waals surface area contributed by atoms with Gasteiger partial charge in [-0.25, -0.2) is 0 Å². The molecule has 0 aromatic heterocycles. The summed E-state index contributed by atoms with van der Waals surface area (Å²) in [6.07, 6.45) is 0.845.